The number of nitrogens with one attached hydrogen (secondary N) is 1. The van der Waals surface area contributed by atoms with E-state index >= 15 is 0 Å². The van der Waals surface area contributed by atoms with Crippen molar-refractivity contribution in [3.8, 4) is 5.75 Å². The summed E-state index contributed by atoms with van der Waals surface area (Å²) in [5.74, 6) is 6.51. The number of methoxy groups -OCH3 is 1. The van der Waals surface area contributed by atoms with E-state index in [4.69, 9.17) is 10.6 Å². The summed E-state index contributed by atoms with van der Waals surface area (Å²) in [6, 6.07) is 5.99. The number of hydrazine groups is 1. The fourth-order valence-electron chi connectivity index (χ4n) is 2.26. The van der Waals surface area contributed by atoms with Gasteiger partial charge in [-0.3, -0.25) is 10.5 Å². The quantitative estimate of drug-likeness (QED) is 0.649. The number of benzene rings is 1. The molecule has 0 amide bonds. The van der Waals surface area contributed by atoms with Crippen LogP contribution < -0.4 is 16.0 Å². The number of hydrogen-bond donors (Lipinski definition) is 2. The van der Waals surface area contributed by atoms with Crippen LogP contribution in [0.3, 0.4) is 0 Å². The van der Waals surface area contributed by atoms with Gasteiger partial charge >= 0.3 is 0 Å². The third kappa shape index (κ3) is 2.72. The van der Waals surface area contributed by atoms with E-state index in [9.17, 15) is 0 Å². The van der Waals surface area contributed by atoms with Crippen molar-refractivity contribution in [1.29, 1.82) is 0 Å². The number of aryl methyl sites for hydroxylation is 2. The van der Waals surface area contributed by atoms with Crippen LogP contribution in [0.5, 0.6) is 5.75 Å². The van der Waals surface area contributed by atoms with Crippen molar-refractivity contribution < 1.29 is 4.74 Å². The van der Waals surface area contributed by atoms with Gasteiger partial charge in [0.15, 0.2) is 5.75 Å². The second-order valence-electron chi connectivity index (χ2n) is 4.54. The van der Waals surface area contributed by atoms with Crippen molar-refractivity contribution in [3.05, 3.63) is 45.7 Å². The summed E-state index contributed by atoms with van der Waals surface area (Å²) in [7, 11) is 1.64. The van der Waals surface area contributed by atoms with E-state index in [0.29, 0.717) is 0 Å². The lowest BCUT2D eigenvalue weighted by molar-refractivity contribution is 0.399. The molecule has 108 valence electrons. The molecular formula is C14H19BrN4O. The van der Waals surface area contributed by atoms with Gasteiger partial charge in [-0.15, -0.1) is 0 Å². The molecule has 0 radical (unpaired) electrons. The van der Waals surface area contributed by atoms with Gasteiger partial charge in [0.1, 0.15) is 5.69 Å². The molecule has 20 heavy (non-hydrogen) atoms. The van der Waals surface area contributed by atoms with Gasteiger partial charge in [0, 0.05) is 11.0 Å². The molecule has 0 spiro atoms. The minimum Gasteiger partial charge on any atom is -0.493 e. The van der Waals surface area contributed by atoms with Crippen LogP contribution in [0.2, 0.25) is 0 Å². The van der Waals surface area contributed by atoms with Gasteiger partial charge in [0.25, 0.3) is 0 Å². The smallest absolute Gasteiger partial charge is 0.161 e. The standard InChI is InChI=1S/C14H19BrN4O/c1-4-19-14(12(20-3)8-17-19)13(18-16)10-6-5-9(2)7-11(10)15/h5-8,13,18H,4,16H2,1-3H3. The van der Waals surface area contributed by atoms with Crippen molar-refractivity contribution in [2.24, 2.45) is 5.84 Å². The molecule has 1 atom stereocenters. The molecule has 0 aliphatic heterocycles. The Hall–Kier alpha value is -1.37. The Balaban J connectivity index is 2.54. The Bertz CT molecular complexity index is 575. The molecule has 1 unspecified atom stereocenters. The van der Waals surface area contributed by atoms with Gasteiger partial charge in [-0.1, -0.05) is 28.1 Å². The zero-order chi connectivity index (χ0) is 14.7. The maximum Gasteiger partial charge on any atom is 0.161 e. The van der Waals surface area contributed by atoms with E-state index in [1.807, 2.05) is 11.6 Å². The molecule has 2 rings (SSSR count). The zero-order valence-corrected chi connectivity index (χ0v) is 13.4. The Labute approximate surface area is 127 Å². The Morgan fingerprint density at radius 2 is 2.25 bits per heavy atom. The molecule has 3 N–H and O–H groups in total. The number of halogens is 1. The van der Waals surface area contributed by atoms with Crippen molar-refractivity contribution in [1.82, 2.24) is 15.2 Å². The first-order valence-electron chi connectivity index (χ1n) is 6.44. The summed E-state index contributed by atoms with van der Waals surface area (Å²) in [6.45, 7) is 4.84. The van der Waals surface area contributed by atoms with E-state index in [0.717, 1.165) is 28.0 Å². The maximum absolute atomic E-state index is 5.78. The first-order chi connectivity index (χ1) is 9.62. The second kappa shape index (κ2) is 6.39. The van der Waals surface area contributed by atoms with Crippen molar-refractivity contribution >= 4 is 15.9 Å². The average molecular weight is 339 g/mol. The number of rotatable bonds is 5. The van der Waals surface area contributed by atoms with Crippen molar-refractivity contribution in [3.63, 3.8) is 0 Å². The van der Waals surface area contributed by atoms with Crippen LogP contribution in [0.4, 0.5) is 0 Å². The minimum atomic E-state index is -0.192. The normalized spacial score (nSPS) is 12.4. The molecule has 0 aliphatic carbocycles. The largest absolute Gasteiger partial charge is 0.493 e. The summed E-state index contributed by atoms with van der Waals surface area (Å²) >= 11 is 3.60. The molecule has 0 aliphatic rings. The highest BCUT2D eigenvalue weighted by atomic mass is 79.9. The van der Waals surface area contributed by atoms with Gasteiger partial charge < -0.3 is 4.74 Å². The lowest BCUT2D eigenvalue weighted by Gasteiger charge is -2.20. The molecule has 0 fully saturated rings. The lowest BCUT2D eigenvalue weighted by atomic mass is 10.0. The topological polar surface area (TPSA) is 65.1 Å². The first kappa shape index (κ1) is 15.0. The summed E-state index contributed by atoms with van der Waals surface area (Å²) < 4.78 is 8.29. The summed E-state index contributed by atoms with van der Waals surface area (Å²) in [4.78, 5) is 0. The summed E-state index contributed by atoms with van der Waals surface area (Å²) in [6.07, 6.45) is 1.71. The van der Waals surface area contributed by atoms with E-state index in [-0.39, 0.29) is 6.04 Å². The van der Waals surface area contributed by atoms with Crippen molar-refractivity contribution in [2.75, 3.05) is 7.11 Å². The van der Waals surface area contributed by atoms with Crippen LogP contribution in [0.25, 0.3) is 0 Å². The van der Waals surface area contributed by atoms with Crippen LogP contribution in [0.15, 0.2) is 28.9 Å². The van der Waals surface area contributed by atoms with Crippen LogP contribution in [0.1, 0.15) is 29.8 Å². The monoisotopic (exact) mass is 338 g/mol. The number of aromatic nitrogens is 2. The van der Waals surface area contributed by atoms with Crippen molar-refractivity contribution in [2.45, 2.75) is 26.4 Å². The Kier molecular flexibility index (Phi) is 4.80. The van der Waals surface area contributed by atoms with Gasteiger partial charge in [0.05, 0.1) is 19.3 Å². The molecule has 6 heteroatoms. The number of nitrogens with two attached hydrogens (primary N) is 1. The van der Waals surface area contributed by atoms with Crippen LogP contribution in [0, 0.1) is 6.92 Å². The van der Waals surface area contributed by atoms with E-state index in [2.05, 4.69) is 51.6 Å². The molecule has 5 nitrogen and oxygen atoms in total. The zero-order valence-electron chi connectivity index (χ0n) is 11.9. The van der Waals surface area contributed by atoms with Gasteiger partial charge in [-0.25, -0.2) is 5.43 Å². The molecule has 2 aromatic rings. The van der Waals surface area contributed by atoms with Crippen LogP contribution in [-0.4, -0.2) is 16.9 Å². The first-order valence-corrected chi connectivity index (χ1v) is 7.23. The number of hydrogen-bond acceptors (Lipinski definition) is 4. The molecule has 1 heterocycles. The predicted molar refractivity (Wildman–Crippen MR) is 82.5 cm³/mol. The van der Waals surface area contributed by atoms with Gasteiger partial charge in [-0.2, -0.15) is 5.10 Å². The van der Waals surface area contributed by atoms with E-state index < -0.39 is 0 Å². The van der Waals surface area contributed by atoms with E-state index in [1.165, 1.54) is 5.56 Å². The predicted octanol–water partition coefficient (Wildman–Crippen LogP) is 2.54. The number of ether oxygens (including phenoxy) is 1. The number of nitrogens with zero attached hydrogens (tertiary/aromatic N) is 2. The van der Waals surface area contributed by atoms with Gasteiger partial charge in [0.2, 0.25) is 0 Å². The van der Waals surface area contributed by atoms with Crippen LogP contribution >= 0.6 is 15.9 Å². The fraction of sp³-hybridized carbons (Fsp3) is 0.357. The Morgan fingerprint density at radius 3 is 2.80 bits per heavy atom. The fourth-order valence-corrected chi connectivity index (χ4v) is 2.98. The highest BCUT2D eigenvalue weighted by Crippen LogP contribution is 2.33. The molecule has 1 aromatic carbocycles. The molecular weight excluding hydrogens is 320 g/mol. The van der Waals surface area contributed by atoms with Gasteiger partial charge in [-0.05, 0) is 31.0 Å². The average Bonchev–Trinajstić information content (AvgIpc) is 2.85. The second-order valence-corrected chi connectivity index (χ2v) is 5.39. The molecule has 1 aromatic heterocycles. The minimum absolute atomic E-state index is 0.192. The highest BCUT2D eigenvalue weighted by Gasteiger charge is 2.23. The van der Waals surface area contributed by atoms with E-state index in [1.54, 1.807) is 13.3 Å². The molecule has 0 saturated carbocycles. The maximum atomic E-state index is 5.78. The summed E-state index contributed by atoms with van der Waals surface area (Å²) in [5, 5.41) is 4.33. The Morgan fingerprint density at radius 1 is 1.50 bits per heavy atom. The summed E-state index contributed by atoms with van der Waals surface area (Å²) in [5.41, 5.74) is 6.01. The molecule has 0 saturated heterocycles. The SMILES string of the molecule is CCn1ncc(OC)c1C(NN)c1ccc(C)cc1Br. The third-order valence-electron chi connectivity index (χ3n) is 3.27. The van der Waals surface area contributed by atoms with Crippen LogP contribution in [-0.2, 0) is 6.54 Å². The lowest BCUT2D eigenvalue weighted by Crippen LogP contribution is -2.31. The highest BCUT2D eigenvalue weighted by molar-refractivity contribution is 9.10. The third-order valence-corrected chi connectivity index (χ3v) is 3.96. The molecule has 0 bridgehead atoms.